The second-order valence-corrected chi connectivity index (χ2v) is 10.2. The summed E-state index contributed by atoms with van der Waals surface area (Å²) in [5.41, 5.74) is 0.898. The highest BCUT2D eigenvalue weighted by molar-refractivity contribution is 5.64. The largest absolute Gasteiger partial charge is 0.494 e. The molecule has 0 saturated heterocycles. The molecule has 0 aliphatic heterocycles. The molecule has 0 aliphatic rings. The van der Waals surface area contributed by atoms with Gasteiger partial charge < -0.3 is 14.9 Å². The van der Waals surface area contributed by atoms with E-state index in [2.05, 4.69) is 0 Å². The van der Waals surface area contributed by atoms with E-state index < -0.39 is 11.6 Å². The molecule has 0 heterocycles. The van der Waals surface area contributed by atoms with Crippen molar-refractivity contribution in [3.63, 3.8) is 0 Å². The van der Waals surface area contributed by atoms with E-state index in [9.17, 15) is 8.78 Å². The molecule has 0 radical (unpaired) electrons. The molecule has 3 nitrogen and oxygen atoms in total. The molecule has 208 valence electrons. The van der Waals surface area contributed by atoms with Crippen molar-refractivity contribution in [3.05, 3.63) is 54.1 Å². The lowest BCUT2D eigenvalue weighted by molar-refractivity contribution is 0.278. The van der Waals surface area contributed by atoms with Gasteiger partial charge in [0, 0.05) is 18.8 Å². The normalized spacial score (nSPS) is 11.4. The molecule has 2 aromatic rings. The van der Waals surface area contributed by atoms with Gasteiger partial charge in [0.2, 0.25) is 0 Å². The SMILES string of the molecule is OCCCCCCC(CCCCCCO)CCCCCCCOc1ccc(-c2cccc(F)c2F)cc1. The Morgan fingerprint density at radius 2 is 1.11 bits per heavy atom. The summed E-state index contributed by atoms with van der Waals surface area (Å²) in [6.07, 6.45) is 19.0. The van der Waals surface area contributed by atoms with Crippen LogP contribution in [0.2, 0.25) is 0 Å². The van der Waals surface area contributed by atoms with Crippen LogP contribution in [0.5, 0.6) is 5.75 Å². The van der Waals surface area contributed by atoms with Crippen LogP contribution < -0.4 is 4.74 Å². The average Bonchev–Trinajstić information content (AvgIpc) is 2.91. The van der Waals surface area contributed by atoms with Crippen LogP contribution in [-0.2, 0) is 0 Å². The van der Waals surface area contributed by atoms with E-state index in [0.717, 1.165) is 56.3 Å². The number of rotatable bonds is 22. The van der Waals surface area contributed by atoms with Crippen molar-refractivity contribution >= 4 is 0 Å². The summed E-state index contributed by atoms with van der Waals surface area (Å²) >= 11 is 0. The summed E-state index contributed by atoms with van der Waals surface area (Å²) in [5.74, 6) is -0.0905. The predicted molar refractivity (Wildman–Crippen MR) is 149 cm³/mol. The number of unbranched alkanes of at least 4 members (excludes halogenated alkanes) is 10. The minimum atomic E-state index is -0.836. The topological polar surface area (TPSA) is 49.7 Å². The summed E-state index contributed by atoms with van der Waals surface area (Å²) in [7, 11) is 0. The van der Waals surface area contributed by atoms with E-state index in [1.165, 1.54) is 70.3 Å². The van der Waals surface area contributed by atoms with E-state index in [0.29, 0.717) is 25.4 Å². The Labute approximate surface area is 223 Å². The molecule has 0 amide bonds. The standard InChI is InChI=1S/C32H48F2O3/c33-31-19-14-18-30(32(31)34)28-20-22-29(23-21-28)37-26-13-7-1-2-8-15-27(16-9-3-5-11-24-35)17-10-4-6-12-25-36/h14,18-23,27,35-36H,1-13,15-17,24-26H2. The van der Waals surface area contributed by atoms with Crippen molar-refractivity contribution in [2.75, 3.05) is 19.8 Å². The minimum absolute atomic E-state index is 0.261. The van der Waals surface area contributed by atoms with Crippen LogP contribution in [-0.4, -0.2) is 30.0 Å². The molecule has 2 N–H and O–H groups in total. The maximum Gasteiger partial charge on any atom is 0.166 e. The van der Waals surface area contributed by atoms with Crippen molar-refractivity contribution in [3.8, 4) is 16.9 Å². The zero-order chi connectivity index (χ0) is 26.6. The second-order valence-electron chi connectivity index (χ2n) is 10.2. The van der Waals surface area contributed by atoms with E-state index in [1.54, 1.807) is 18.2 Å². The molecule has 0 aromatic heterocycles. The first-order valence-electron chi connectivity index (χ1n) is 14.5. The summed E-state index contributed by atoms with van der Waals surface area (Å²) in [4.78, 5) is 0. The minimum Gasteiger partial charge on any atom is -0.494 e. The molecule has 0 unspecified atom stereocenters. The number of benzene rings is 2. The summed E-state index contributed by atoms with van der Waals surface area (Å²) in [6.45, 7) is 1.28. The van der Waals surface area contributed by atoms with Crippen LogP contribution in [0.4, 0.5) is 8.78 Å². The molecule has 0 saturated carbocycles. The molecule has 2 aromatic carbocycles. The zero-order valence-electron chi connectivity index (χ0n) is 22.6. The highest BCUT2D eigenvalue weighted by Crippen LogP contribution is 2.27. The van der Waals surface area contributed by atoms with E-state index in [4.69, 9.17) is 14.9 Å². The third kappa shape index (κ3) is 13.4. The maximum absolute atomic E-state index is 14.0. The van der Waals surface area contributed by atoms with Gasteiger partial charge in [-0.2, -0.15) is 0 Å². The average molecular weight is 519 g/mol. The Bertz CT molecular complexity index is 811. The van der Waals surface area contributed by atoms with Crippen molar-refractivity contribution in [1.29, 1.82) is 0 Å². The van der Waals surface area contributed by atoms with Crippen molar-refractivity contribution in [1.82, 2.24) is 0 Å². The summed E-state index contributed by atoms with van der Waals surface area (Å²) in [5, 5.41) is 17.9. The maximum atomic E-state index is 14.0. The summed E-state index contributed by atoms with van der Waals surface area (Å²) < 4.78 is 33.3. The van der Waals surface area contributed by atoms with Gasteiger partial charge in [0.25, 0.3) is 0 Å². The third-order valence-electron chi connectivity index (χ3n) is 7.18. The van der Waals surface area contributed by atoms with E-state index in [1.807, 2.05) is 12.1 Å². The summed E-state index contributed by atoms with van der Waals surface area (Å²) in [6, 6.07) is 11.4. The Balaban J connectivity index is 1.58. The molecular weight excluding hydrogens is 470 g/mol. The van der Waals surface area contributed by atoms with Crippen LogP contribution >= 0.6 is 0 Å². The third-order valence-corrected chi connectivity index (χ3v) is 7.18. The Kier molecular flexibility index (Phi) is 16.9. The zero-order valence-corrected chi connectivity index (χ0v) is 22.6. The highest BCUT2D eigenvalue weighted by atomic mass is 19.2. The molecule has 37 heavy (non-hydrogen) atoms. The van der Waals surface area contributed by atoms with Gasteiger partial charge in [0.05, 0.1) is 6.61 Å². The van der Waals surface area contributed by atoms with Gasteiger partial charge in [-0.25, -0.2) is 8.78 Å². The quantitative estimate of drug-likeness (QED) is 0.153. The fourth-order valence-electron chi connectivity index (χ4n) is 4.94. The van der Waals surface area contributed by atoms with Crippen LogP contribution in [0.25, 0.3) is 11.1 Å². The number of halogens is 2. The molecule has 5 heteroatoms. The first-order chi connectivity index (χ1) is 18.2. The molecule has 0 atom stereocenters. The Hall–Kier alpha value is -1.98. The van der Waals surface area contributed by atoms with E-state index >= 15 is 0 Å². The Morgan fingerprint density at radius 1 is 0.595 bits per heavy atom. The van der Waals surface area contributed by atoms with Crippen molar-refractivity contribution < 1.29 is 23.7 Å². The number of hydrogen-bond acceptors (Lipinski definition) is 3. The second kappa shape index (κ2) is 20.0. The van der Waals surface area contributed by atoms with Gasteiger partial charge in [-0.1, -0.05) is 108 Å². The van der Waals surface area contributed by atoms with Gasteiger partial charge in [-0.05, 0) is 48.9 Å². The number of aliphatic hydroxyl groups excluding tert-OH is 2. The molecule has 2 rings (SSSR count). The predicted octanol–water partition coefficient (Wildman–Crippen LogP) is 8.85. The van der Waals surface area contributed by atoms with Gasteiger partial charge in [-0.3, -0.25) is 0 Å². The first kappa shape index (κ1) is 31.2. The molecule has 0 bridgehead atoms. The molecular formula is C32H48F2O3. The lowest BCUT2D eigenvalue weighted by Gasteiger charge is -2.17. The van der Waals surface area contributed by atoms with Gasteiger partial charge in [0.1, 0.15) is 5.75 Å². The molecule has 0 fully saturated rings. The molecule has 0 aliphatic carbocycles. The number of ether oxygens (including phenoxy) is 1. The fraction of sp³-hybridized carbons (Fsp3) is 0.625. The monoisotopic (exact) mass is 518 g/mol. The van der Waals surface area contributed by atoms with E-state index in [-0.39, 0.29) is 5.56 Å². The fourth-order valence-corrected chi connectivity index (χ4v) is 4.94. The smallest absolute Gasteiger partial charge is 0.166 e. The number of aliphatic hydroxyl groups is 2. The van der Waals surface area contributed by atoms with Crippen LogP contribution in [0, 0.1) is 17.6 Å². The van der Waals surface area contributed by atoms with Gasteiger partial charge in [0.15, 0.2) is 11.6 Å². The first-order valence-corrected chi connectivity index (χ1v) is 14.5. The van der Waals surface area contributed by atoms with Crippen molar-refractivity contribution in [2.24, 2.45) is 5.92 Å². The van der Waals surface area contributed by atoms with Gasteiger partial charge >= 0.3 is 0 Å². The van der Waals surface area contributed by atoms with Gasteiger partial charge in [-0.15, -0.1) is 0 Å². The van der Waals surface area contributed by atoms with Crippen molar-refractivity contribution in [2.45, 2.75) is 103 Å². The molecule has 0 spiro atoms. The van der Waals surface area contributed by atoms with Crippen LogP contribution in [0.15, 0.2) is 42.5 Å². The van der Waals surface area contributed by atoms with Crippen LogP contribution in [0.1, 0.15) is 103 Å². The highest BCUT2D eigenvalue weighted by Gasteiger charge is 2.10. The Morgan fingerprint density at radius 3 is 1.68 bits per heavy atom. The van der Waals surface area contributed by atoms with Crippen LogP contribution in [0.3, 0.4) is 0 Å². The number of hydrogen-bond donors (Lipinski definition) is 2. The lowest BCUT2D eigenvalue weighted by atomic mass is 9.89. The lowest BCUT2D eigenvalue weighted by Crippen LogP contribution is -2.02.